The van der Waals surface area contributed by atoms with Crippen molar-refractivity contribution in [1.82, 2.24) is 4.98 Å². The van der Waals surface area contributed by atoms with Crippen LogP contribution in [0.2, 0.25) is 0 Å². The van der Waals surface area contributed by atoms with Crippen molar-refractivity contribution in [2.75, 3.05) is 24.6 Å². The predicted molar refractivity (Wildman–Crippen MR) is 69.1 cm³/mol. The predicted octanol–water partition coefficient (Wildman–Crippen LogP) is 2.05. The normalized spacial score (nSPS) is 20.1. The molecule has 0 radical (unpaired) electrons. The molecule has 2 aromatic rings. The topological polar surface area (TPSA) is 36.4 Å². The van der Waals surface area contributed by atoms with Crippen LogP contribution in [-0.4, -0.2) is 29.8 Å². The number of fused-ring (bicyclic) bond motifs is 1. The zero-order chi connectivity index (χ0) is 11.7. The van der Waals surface area contributed by atoms with E-state index in [1.807, 2.05) is 12.3 Å². The Morgan fingerprint density at radius 1 is 1.29 bits per heavy atom. The summed E-state index contributed by atoms with van der Waals surface area (Å²) in [6, 6.07) is 10.3. The van der Waals surface area contributed by atoms with Crippen LogP contribution in [0.4, 0.5) is 5.69 Å². The van der Waals surface area contributed by atoms with Crippen LogP contribution in [0.1, 0.15) is 6.42 Å². The number of rotatable bonds is 2. The van der Waals surface area contributed by atoms with Crippen LogP contribution < -0.4 is 4.90 Å². The highest BCUT2D eigenvalue weighted by Crippen LogP contribution is 2.29. The Bertz CT molecular complexity index is 521. The van der Waals surface area contributed by atoms with Crippen molar-refractivity contribution < 1.29 is 5.11 Å². The standard InChI is InChI=1S/C14H16N2O/c17-10-11-6-8-16(9-11)13-5-1-3-12-4-2-7-15-14(12)13/h1-5,7,11,17H,6,8-10H2. The van der Waals surface area contributed by atoms with Crippen molar-refractivity contribution in [3.8, 4) is 0 Å². The van der Waals surface area contributed by atoms with Crippen molar-refractivity contribution in [2.24, 2.45) is 5.92 Å². The lowest BCUT2D eigenvalue weighted by Gasteiger charge is -2.19. The summed E-state index contributed by atoms with van der Waals surface area (Å²) in [5, 5.41) is 10.4. The second-order valence-corrected chi connectivity index (χ2v) is 4.64. The van der Waals surface area contributed by atoms with Gasteiger partial charge in [-0.1, -0.05) is 18.2 Å². The maximum atomic E-state index is 9.20. The van der Waals surface area contributed by atoms with E-state index in [2.05, 4.69) is 34.1 Å². The molecule has 0 spiro atoms. The van der Waals surface area contributed by atoms with Gasteiger partial charge in [0.05, 0.1) is 11.2 Å². The smallest absolute Gasteiger partial charge is 0.0935 e. The molecule has 1 aromatic heterocycles. The van der Waals surface area contributed by atoms with Crippen molar-refractivity contribution in [2.45, 2.75) is 6.42 Å². The average molecular weight is 228 g/mol. The molecule has 3 rings (SSSR count). The number of aliphatic hydroxyl groups is 1. The Balaban J connectivity index is 2.00. The molecule has 1 aliphatic heterocycles. The first-order valence-electron chi connectivity index (χ1n) is 6.08. The van der Waals surface area contributed by atoms with E-state index >= 15 is 0 Å². The summed E-state index contributed by atoms with van der Waals surface area (Å²) < 4.78 is 0. The molecule has 0 amide bonds. The fraction of sp³-hybridized carbons (Fsp3) is 0.357. The Labute approximate surface area is 101 Å². The van der Waals surface area contributed by atoms with Crippen LogP contribution >= 0.6 is 0 Å². The molecule has 1 aliphatic rings. The number of pyridine rings is 1. The third-order valence-corrected chi connectivity index (χ3v) is 3.50. The molecule has 1 fully saturated rings. The zero-order valence-corrected chi connectivity index (χ0v) is 9.71. The maximum Gasteiger partial charge on any atom is 0.0935 e. The molecule has 0 aliphatic carbocycles. The summed E-state index contributed by atoms with van der Waals surface area (Å²) in [4.78, 5) is 6.80. The van der Waals surface area contributed by atoms with E-state index in [9.17, 15) is 5.11 Å². The maximum absolute atomic E-state index is 9.20. The highest BCUT2D eigenvalue weighted by molar-refractivity contribution is 5.90. The fourth-order valence-electron chi connectivity index (χ4n) is 2.54. The van der Waals surface area contributed by atoms with E-state index in [1.54, 1.807) is 0 Å². The van der Waals surface area contributed by atoms with Crippen LogP contribution in [0.5, 0.6) is 0 Å². The molecule has 3 heteroatoms. The first kappa shape index (κ1) is 10.5. The van der Waals surface area contributed by atoms with Crippen molar-refractivity contribution in [3.63, 3.8) is 0 Å². The summed E-state index contributed by atoms with van der Waals surface area (Å²) in [5.41, 5.74) is 2.26. The lowest BCUT2D eigenvalue weighted by Crippen LogP contribution is -2.20. The molecule has 0 saturated carbocycles. The second kappa shape index (κ2) is 4.34. The van der Waals surface area contributed by atoms with Crippen molar-refractivity contribution >= 4 is 16.6 Å². The molecular weight excluding hydrogens is 212 g/mol. The monoisotopic (exact) mass is 228 g/mol. The lowest BCUT2D eigenvalue weighted by atomic mass is 10.1. The Kier molecular flexibility index (Phi) is 2.69. The lowest BCUT2D eigenvalue weighted by molar-refractivity contribution is 0.238. The molecule has 17 heavy (non-hydrogen) atoms. The summed E-state index contributed by atoms with van der Waals surface area (Å²) in [7, 11) is 0. The van der Waals surface area contributed by atoms with Crippen molar-refractivity contribution in [1.29, 1.82) is 0 Å². The molecule has 3 nitrogen and oxygen atoms in total. The van der Waals surface area contributed by atoms with Crippen LogP contribution in [0.15, 0.2) is 36.5 Å². The number of benzene rings is 1. The van der Waals surface area contributed by atoms with E-state index in [0.717, 1.165) is 25.0 Å². The SMILES string of the molecule is OCC1CCN(c2cccc3cccnc23)C1. The Morgan fingerprint density at radius 2 is 2.18 bits per heavy atom. The Hall–Kier alpha value is -1.61. The minimum atomic E-state index is 0.286. The van der Waals surface area contributed by atoms with Gasteiger partial charge in [-0.15, -0.1) is 0 Å². The van der Waals surface area contributed by atoms with Gasteiger partial charge in [-0.3, -0.25) is 4.98 Å². The van der Waals surface area contributed by atoms with Gasteiger partial charge in [0.2, 0.25) is 0 Å². The summed E-state index contributed by atoms with van der Waals surface area (Å²) in [5.74, 6) is 0.411. The minimum Gasteiger partial charge on any atom is -0.396 e. The number of hydrogen-bond donors (Lipinski definition) is 1. The molecule has 1 atom stereocenters. The van der Waals surface area contributed by atoms with Crippen LogP contribution in [0.25, 0.3) is 10.9 Å². The largest absolute Gasteiger partial charge is 0.396 e. The number of anilines is 1. The van der Waals surface area contributed by atoms with Gasteiger partial charge in [-0.2, -0.15) is 0 Å². The van der Waals surface area contributed by atoms with Gasteiger partial charge in [-0.25, -0.2) is 0 Å². The van der Waals surface area contributed by atoms with Gasteiger partial charge in [0.1, 0.15) is 0 Å². The quantitative estimate of drug-likeness (QED) is 0.854. The molecule has 2 heterocycles. The number of para-hydroxylation sites is 1. The third-order valence-electron chi connectivity index (χ3n) is 3.50. The van der Waals surface area contributed by atoms with Gasteiger partial charge in [0, 0.05) is 37.2 Å². The number of aromatic nitrogens is 1. The van der Waals surface area contributed by atoms with E-state index < -0.39 is 0 Å². The van der Waals surface area contributed by atoms with Crippen LogP contribution in [0, 0.1) is 5.92 Å². The molecule has 1 aromatic carbocycles. The summed E-state index contributed by atoms with van der Waals surface area (Å²) >= 11 is 0. The van der Waals surface area contributed by atoms with E-state index in [0.29, 0.717) is 5.92 Å². The van der Waals surface area contributed by atoms with E-state index in [4.69, 9.17) is 0 Å². The fourth-order valence-corrected chi connectivity index (χ4v) is 2.54. The van der Waals surface area contributed by atoms with E-state index in [-0.39, 0.29) is 6.61 Å². The summed E-state index contributed by atoms with van der Waals surface area (Å²) in [6.07, 6.45) is 2.91. The van der Waals surface area contributed by atoms with Crippen LogP contribution in [0.3, 0.4) is 0 Å². The van der Waals surface area contributed by atoms with Crippen molar-refractivity contribution in [3.05, 3.63) is 36.5 Å². The first-order chi connectivity index (χ1) is 8.38. The van der Waals surface area contributed by atoms with Gasteiger partial charge in [-0.05, 0) is 18.6 Å². The zero-order valence-electron chi connectivity index (χ0n) is 9.71. The first-order valence-corrected chi connectivity index (χ1v) is 6.08. The van der Waals surface area contributed by atoms with Gasteiger partial charge in [0.25, 0.3) is 0 Å². The average Bonchev–Trinajstić information content (AvgIpc) is 2.87. The summed E-state index contributed by atoms with van der Waals surface area (Å²) in [6.45, 7) is 2.24. The van der Waals surface area contributed by atoms with E-state index in [1.165, 1.54) is 11.1 Å². The molecular formula is C14H16N2O. The Morgan fingerprint density at radius 3 is 3.00 bits per heavy atom. The highest BCUT2D eigenvalue weighted by atomic mass is 16.3. The van der Waals surface area contributed by atoms with Gasteiger partial charge >= 0.3 is 0 Å². The molecule has 0 bridgehead atoms. The number of nitrogens with zero attached hydrogens (tertiary/aromatic N) is 2. The minimum absolute atomic E-state index is 0.286. The molecule has 88 valence electrons. The van der Waals surface area contributed by atoms with Gasteiger partial charge in [0.15, 0.2) is 0 Å². The third kappa shape index (κ3) is 1.87. The number of hydrogen-bond acceptors (Lipinski definition) is 3. The van der Waals surface area contributed by atoms with Gasteiger partial charge < -0.3 is 10.0 Å². The highest BCUT2D eigenvalue weighted by Gasteiger charge is 2.23. The molecule has 1 saturated heterocycles. The molecule has 1 N–H and O–H groups in total. The van der Waals surface area contributed by atoms with Crippen LogP contribution in [-0.2, 0) is 0 Å². The molecule has 1 unspecified atom stereocenters. The number of aliphatic hydroxyl groups excluding tert-OH is 1. The second-order valence-electron chi connectivity index (χ2n) is 4.64.